The van der Waals surface area contributed by atoms with Gasteiger partial charge in [-0.2, -0.15) is 0 Å². The molecule has 0 aromatic heterocycles. The molecule has 0 radical (unpaired) electrons. The monoisotopic (exact) mass is 277 g/mol. The van der Waals surface area contributed by atoms with Gasteiger partial charge in [0.15, 0.2) is 0 Å². The van der Waals surface area contributed by atoms with E-state index in [4.69, 9.17) is 9.47 Å². The van der Waals surface area contributed by atoms with Gasteiger partial charge in [-0.1, -0.05) is 0 Å². The van der Waals surface area contributed by atoms with Gasteiger partial charge in [0.1, 0.15) is 0 Å². The van der Waals surface area contributed by atoms with Gasteiger partial charge in [-0.25, -0.2) is 0 Å². The third kappa shape index (κ3) is 4.83. The van der Waals surface area contributed by atoms with Gasteiger partial charge in [0.05, 0.1) is 12.2 Å². The minimum atomic E-state index is -0.0203. The maximum Gasteiger partial charge on any atom is 0.0716 e. The van der Waals surface area contributed by atoms with Crippen LogP contribution in [0.1, 0.15) is 27.7 Å². The van der Waals surface area contributed by atoms with Crippen molar-refractivity contribution >= 4 is 20.5 Å². The number of hydrogen-bond donors (Lipinski definition) is 1. The highest BCUT2D eigenvalue weighted by Gasteiger charge is 2.37. The first-order valence-corrected chi connectivity index (χ1v) is 9.42. The molecule has 2 unspecified atom stereocenters. The number of ether oxygens (including phenoxy) is 2. The Hall–Kier alpha value is 0.314. The van der Waals surface area contributed by atoms with Crippen molar-refractivity contribution in [1.82, 2.24) is 5.32 Å². The van der Waals surface area contributed by atoms with E-state index in [0.29, 0.717) is 0 Å². The van der Waals surface area contributed by atoms with E-state index in [-0.39, 0.29) is 23.3 Å². The third-order valence-electron chi connectivity index (χ3n) is 3.56. The van der Waals surface area contributed by atoms with Gasteiger partial charge in [-0.05, 0) is 39.8 Å². The van der Waals surface area contributed by atoms with Crippen molar-refractivity contribution in [3.05, 3.63) is 0 Å². The Morgan fingerprint density at radius 2 is 1.18 bits per heavy atom. The molecule has 0 saturated carbocycles. The maximum absolute atomic E-state index is 5.60. The van der Waals surface area contributed by atoms with Gasteiger partial charge >= 0.3 is 0 Å². The van der Waals surface area contributed by atoms with Crippen LogP contribution < -0.4 is 5.32 Å². The average molecular weight is 278 g/mol. The molecule has 2 atom stereocenters. The van der Waals surface area contributed by atoms with Crippen LogP contribution in [0.25, 0.3) is 0 Å². The van der Waals surface area contributed by atoms with E-state index in [1.54, 1.807) is 14.2 Å². The second kappa shape index (κ2) is 7.04. The number of nitrogens with one attached hydrogen (secondary N) is 1. The van der Waals surface area contributed by atoms with Crippen LogP contribution in [0, 0.1) is 0 Å². The lowest BCUT2D eigenvalue weighted by Gasteiger charge is -2.44. The molecule has 0 fully saturated rings. The van der Waals surface area contributed by atoms with E-state index in [0.717, 1.165) is 32.6 Å². The second-order valence-corrected chi connectivity index (χ2v) is 7.47. The highest BCUT2D eigenvalue weighted by Crippen LogP contribution is 2.23. The van der Waals surface area contributed by atoms with E-state index in [2.05, 4.69) is 33.0 Å². The average Bonchev–Trinajstić information content (AvgIpc) is 2.18. The molecule has 3 nitrogen and oxygen atoms in total. The molecule has 0 aromatic carbocycles. The first-order valence-electron chi connectivity index (χ1n) is 6.60. The topological polar surface area (TPSA) is 30.5 Å². The Kier molecular flexibility index (Phi) is 7.17. The fourth-order valence-corrected chi connectivity index (χ4v) is 5.64. The summed E-state index contributed by atoms with van der Waals surface area (Å²) in [5.74, 6) is 0. The zero-order valence-electron chi connectivity index (χ0n) is 12.9. The van der Waals surface area contributed by atoms with E-state index in [9.17, 15) is 0 Å². The van der Waals surface area contributed by atoms with Gasteiger partial charge in [0.25, 0.3) is 0 Å². The fraction of sp³-hybridized carbons (Fsp3) is 1.00. The first kappa shape index (κ1) is 17.3. The summed E-state index contributed by atoms with van der Waals surface area (Å²) in [6.07, 6.45) is 0.556. The first-order chi connectivity index (χ1) is 7.75. The van der Waals surface area contributed by atoms with Crippen molar-refractivity contribution in [2.75, 3.05) is 14.2 Å². The lowest BCUT2D eigenvalue weighted by Crippen LogP contribution is -2.62. The lowest BCUT2D eigenvalue weighted by atomic mass is 9.89. The molecule has 0 rings (SSSR count). The Bertz CT molecular complexity index is 193. The number of methoxy groups -OCH3 is 2. The Morgan fingerprint density at radius 1 is 0.882 bits per heavy atom. The van der Waals surface area contributed by atoms with Crippen molar-refractivity contribution < 1.29 is 9.47 Å². The van der Waals surface area contributed by atoms with Crippen LogP contribution in [-0.2, 0) is 9.47 Å². The van der Waals surface area contributed by atoms with E-state index < -0.39 is 0 Å². The standard InChI is InChI=1S/C12H31NO2Si2/c1-11(2,9(7-16)14-5)13-12(3,4)10(8-17)15-6/h9-10,13H,7-8H2,1-6,16-17H3. The molecule has 0 spiro atoms. The van der Waals surface area contributed by atoms with E-state index in [1.165, 1.54) is 0 Å². The second-order valence-electron chi connectivity index (χ2n) is 5.83. The molecule has 0 aliphatic rings. The highest BCUT2D eigenvalue weighted by atomic mass is 28.1. The van der Waals surface area contributed by atoms with Crippen molar-refractivity contribution in [1.29, 1.82) is 0 Å². The van der Waals surface area contributed by atoms with Gasteiger partial charge < -0.3 is 14.8 Å². The van der Waals surface area contributed by atoms with Crippen LogP contribution in [0.5, 0.6) is 0 Å². The summed E-state index contributed by atoms with van der Waals surface area (Å²) in [5, 5.41) is 3.73. The van der Waals surface area contributed by atoms with E-state index in [1.807, 2.05) is 0 Å². The minimum Gasteiger partial charge on any atom is -0.380 e. The summed E-state index contributed by atoms with van der Waals surface area (Å²) in [5.41, 5.74) is -0.0407. The highest BCUT2D eigenvalue weighted by molar-refractivity contribution is 6.09. The third-order valence-corrected chi connectivity index (χ3v) is 5.05. The molecule has 0 amide bonds. The molecule has 1 N–H and O–H groups in total. The van der Waals surface area contributed by atoms with Gasteiger partial charge in [-0.15, -0.1) is 0 Å². The number of hydrogen-bond acceptors (Lipinski definition) is 3. The zero-order chi connectivity index (χ0) is 13.7. The molecule has 0 aliphatic heterocycles. The molecule has 0 bridgehead atoms. The summed E-state index contributed by atoms with van der Waals surface area (Å²) in [7, 11) is 5.94. The molecule has 5 heteroatoms. The smallest absolute Gasteiger partial charge is 0.0716 e. The van der Waals surface area contributed by atoms with Crippen LogP contribution in [-0.4, -0.2) is 58.0 Å². The molecule has 0 saturated heterocycles. The lowest BCUT2D eigenvalue weighted by molar-refractivity contribution is -0.00697. The maximum atomic E-state index is 5.60. The van der Waals surface area contributed by atoms with Crippen molar-refractivity contribution in [3.63, 3.8) is 0 Å². The van der Waals surface area contributed by atoms with Crippen LogP contribution in [0.2, 0.25) is 12.1 Å². The summed E-state index contributed by atoms with van der Waals surface area (Å²) in [6, 6.07) is 2.29. The Labute approximate surface area is 113 Å². The molecule has 0 heterocycles. The molecular formula is C12H31NO2Si2. The van der Waals surface area contributed by atoms with Gasteiger partial charge in [0.2, 0.25) is 0 Å². The van der Waals surface area contributed by atoms with Gasteiger partial charge in [-0.3, -0.25) is 0 Å². The SMILES string of the molecule is COC(C[SiH3])C(C)(C)NC(C)(C)C(C[SiH3])OC. The quantitative estimate of drug-likeness (QED) is 0.620. The summed E-state index contributed by atoms with van der Waals surface area (Å²) in [4.78, 5) is 0. The van der Waals surface area contributed by atoms with Crippen molar-refractivity contribution in [3.8, 4) is 0 Å². The molecule has 0 aromatic rings. The fourth-order valence-electron chi connectivity index (χ4n) is 2.93. The Morgan fingerprint density at radius 3 is 1.35 bits per heavy atom. The van der Waals surface area contributed by atoms with Crippen molar-refractivity contribution in [2.45, 2.75) is 63.1 Å². The van der Waals surface area contributed by atoms with Crippen molar-refractivity contribution in [2.24, 2.45) is 0 Å². The number of rotatable bonds is 8. The molecule has 0 aliphatic carbocycles. The summed E-state index contributed by atoms with van der Waals surface area (Å²) >= 11 is 0. The molecular weight excluding hydrogens is 246 g/mol. The van der Waals surface area contributed by atoms with Crippen LogP contribution in [0.4, 0.5) is 0 Å². The summed E-state index contributed by atoms with van der Waals surface area (Å²) < 4.78 is 11.2. The zero-order valence-corrected chi connectivity index (χ0v) is 16.9. The Balaban J connectivity index is 4.78. The molecule has 104 valence electrons. The normalized spacial score (nSPS) is 17.3. The predicted molar refractivity (Wildman–Crippen MR) is 82.4 cm³/mol. The van der Waals surface area contributed by atoms with Crippen LogP contribution in [0.3, 0.4) is 0 Å². The van der Waals surface area contributed by atoms with E-state index >= 15 is 0 Å². The predicted octanol–water partition coefficient (Wildman–Crippen LogP) is -0.269. The summed E-state index contributed by atoms with van der Waals surface area (Å²) in [6.45, 7) is 8.89. The largest absolute Gasteiger partial charge is 0.380 e. The van der Waals surface area contributed by atoms with Gasteiger partial charge in [0, 0.05) is 45.8 Å². The minimum absolute atomic E-state index is 0.0203. The molecule has 17 heavy (non-hydrogen) atoms. The van der Waals surface area contributed by atoms with Crippen LogP contribution >= 0.6 is 0 Å². The van der Waals surface area contributed by atoms with Crippen LogP contribution in [0.15, 0.2) is 0 Å².